The number of likely N-dealkylation sites (N-methyl/N-ethyl adjacent to an activating group) is 1. The Morgan fingerprint density at radius 3 is 2.69 bits per heavy atom. The number of nitro benzene ring substituents is 1. The molecule has 2 aromatic rings. The average Bonchev–Trinajstić information content (AvgIpc) is 2.74. The summed E-state index contributed by atoms with van der Waals surface area (Å²) in [5.41, 5.74) is 1.48. The third-order valence-corrected chi connectivity index (χ3v) is 6.22. The van der Waals surface area contributed by atoms with E-state index in [0.29, 0.717) is 14.9 Å². The average molecular weight is 464 g/mol. The fraction of sp³-hybridized carbons (Fsp3) is 0.263. The molecule has 0 aromatic heterocycles. The smallest absolute Gasteiger partial charge is 0.271 e. The van der Waals surface area contributed by atoms with Gasteiger partial charge in [0.05, 0.1) is 13.9 Å². The minimum absolute atomic E-state index is 0.0459. The molecule has 1 atom stereocenters. The molecule has 0 saturated heterocycles. The van der Waals surface area contributed by atoms with E-state index < -0.39 is 16.1 Å². The van der Waals surface area contributed by atoms with E-state index in [4.69, 9.17) is 4.74 Å². The van der Waals surface area contributed by atoms with Crippen molar-refractivity contribution in [2.24, 2.45) is 0 Å². The van der Waals surface area contributed by atoms with Gasteiger partial charge in [0.15, 0.2) is 0 Å². The van der Waals surface area contributed by atoms with Gasteiger partial charge in [-0.25, -0.2) is 0 Å². The molecular formula is C19H17IN2O4. The summed E-state index contributed by atoms with van der Waals surface area (Å²) in [6.45, 7) is 4.14. The highest BCUT2D eigenvalue weighted by Crippen LogP contribution is 2.55. The van der Waals surface area contributed by atoms with E-state index >= 15 is 0 Å². The number of anilines is 1. The standard InChI is InChI=1S/C19H17IN2O4/c1-18(2)14-10-13(23)4-5-16(14)21(3)19(18)7-6-11-8-12(22(24)25)9-15(20)17(11)26-19/h4-10,23H,1-3H3. The molecule has 0 aliphatic carbocycles. The number of phenolic OH excluding ortho intramolecular Hbond substituents is 1. The van der Waals surface area contributed by atoms with Gasteiger partial charge in [-0.3, -0.25) is 10.1 Å². The van der Waals surface area contributed by atoms with Gasteiger partial charge in [-0.2, -0.15) is 0 Å². The van der Waals surface area contributed by atoms with Crippen LogP contribution in [0.1, 0.15) is 25.0 Å². The molecule has 1 spiro atoms. The molecule has 1 unspecified atom stereocenters. The summed E-state index contributed by atoms with van der Waals surface area (Å²) in [7, 11) is 1.96. The number of fused-ring (bicyclic) bond motifs is 2. The predicted molar refractivity (Wildman–Crippen MR) is 108 cm³/mol. The van der Waals surface area contributed by atoms with E-state index in [1.807, 2.05) is 25.3 Å². The Morgan fingerprint density at radius 2 is 2.00 bits per heavy atom. The van der Waals surface area contributed by atoms with Gasteiger partial charge in [0.25, 0.3) is 5.69 Å². The highest BCUT2D eigenvalue weighted by Gasteiger charge is 2.58. The molecule has 26 heavy (non-hydrogen) atoms. The second kappa shape index (κ2) is 5.35. The van der Waals surface area contributed by atoms with Gasteiger partial charge in [-0.15, -0.1) is 0 Å². The molecule has 2 aliphatic heterocycles. The monoisotopic (exact) mass is 464 g/mol. The van der Waals surface area contributed by atoms with Crippen LogP contribution in [0, 0.1) is 13.7 Å². The lowest BCUT2D eigenvalue weighted by atomic mass is 9.76. The van der Waals surface area contributed by atoms with E-state index in [-0.39, 0.29) is 11.4 Å². The molecule has 0 fully saturated rings. The van der Waals surface area contributed by atoms with Crippen molar-refractivity contribution in [3.05, 3.63) is 61.2 Å². The van der Waals surface area contributed by atoms with E-state index in [1.54, 1.807) is 12.1 Å². The largest absolute Gasteiger partial charge is 0.508 e. The van der Waals surface area contributed by atoms with Crippen molar-refractivity contribution in [1.82, 2.24) is 0 Å². The van der Waals surface area contributed by atoms with E-state index in [9.17, 15) is 15.2 Å². The number of rotatable bonds is 1. The van der Waals surface area contributed by atoms with Crippen LogP contribution >= 0.6 is 22.6 Å². The first-order valence-electron chi connectivity index (χ1n) is 8.11. The normalized spacial score (nSPS) is 22.1. The van der Waals surface area contributed by atoms with Crippen LogP contribution in [0.25, 0.3) is 6.08 Å². The quantitative estimate of drug-likeness (QED) is 0.384. The van der Waals surface area contributed by atoms with Gasteiger partial charge in [0.1, 0.15) is 11.5 Å². The minimum atomic E-state index is -0.786. The molecule has 7 heteroatoms. The predicted octanol–water partition coefficient (Wildman–Crippen LogP) is 4.43. The fourth-order valence-corrected chi connectivity index (χ4v) is 4.69. The second-order valence-electron chi connectivity index (χ2n) is 7.12. The number of non-ortho nitro benzene ring substituents is 1. The zero-order chi connectivity index (χ0) is 18.9. The van der Waals surface area contributed by atoms with Crippen LogP contribution in [0.5, 0.6) is 11.5 Å². The van der Waals surface area contributed by atoms with Crippen molar-refractivity contribution in [3.63, 3.8) is 0 Å². The van der Waals surface area contributed by atoms with Crippen molar-refractivity contribution in [2.75, 3.05) is 11.9 Å². The number of ether oxygens (including phenoxy) is 1. The maximum Gasteiger partial charge on any atom is 0.271 e. The Balaban J connectivity index is 1.88. The van der Waals surface area contributed by atoms with Gasteiger partial charge in [-0.1, -0.05) is 0 Å². The molecule has 134 valence electrons. The molecular weight excluding hydrogens is 447 g/mol. The maximum absolute atomic E-state index is 11.1. The minimum Gasteiger partial charge on any atom is -0.508 e. The molecule has 0 saturated carbocycles. The van der Waals surface area contributed by atoms with Crippen LogP contribution in [0.15, 0.2) is 36.4 Å². The molecule has 0 bridgehead atoms. The zero-order valence-corrected chi connectivity index (χ0v) is 16.6. The molecule has 4 rings (SSSR count). The first-order valence-corrected chi connectivity index (χ1v) is 9.19. The van der Waals surface area contributed by atoms with Crippen LogP contribution < -0.4 is 9.64 Å². The third kappa shape index (κ3) is 2.09. The van der Waals surface area contributed by atoms with Gasteiger partial charge in [0, 0.05) is 30.4 Å². The first-order chi connectivity index (χ1) is 12.2. The topological polar surface area (TPSA) is 75.8 Å². The lowest BCUT2D eigenvalue weighted by Crippen LogP contribution is -2.58. The van der Waals surface area contributed by atoms with Crippen molar-refractivity contribution in [3.8, 4) is 11.5 Å². The van der Waals surface area contributed by atoms with E-state index in [2.05, 4.69) is 41.3 Å². The lowest BCUT2D eigenvalue weighted by molar-refractivity contribution is -0.385. The van der Waals surface area contributed by atoms with E-state index in [1.165, 1.54) is 12.1 Å². The maximum atomic E-state index is 11.1. The van der Waals surface area contributed by atoms with Crippen LogP contribution in [-0.2, 0) is 5.41 Å². The molecule has 0 radical (unpaired) electrons. The first kappa shape index (κ1) is 17.1. The molecule has 1 N–H and O–H groups in total. The number of nitrogens with zero attached hydrogens (tertiary/aromatic N) is 2. The Labute approximate surface area is 164 Å². The SMILES string of the molecule is CN1c2ccc(O)cc2C(C)(C)C12C=Cc1cc([N+](=O)[O-])cc(I)c1O2. The summed E-state index contributed by atoms with van der Waals surface area (Å²) in [5, 5.41) is 21.1. The van der Waals surface area contributed by atoms with Crippen LogP contribution in [0.3, 0.4) is 0 Å². The van der Waals surface area contributed by atoms with E-state index in [0.717, 1.165) is 11.3 Å². The Hall–Kier alpha value is -2.29. The highest BCUT2D eigenvalue weighted by molar-refractivity contribution is 14.1. The van der Waals surface area contributed by atoms with Crippen molar-refractivity contribution >= 4 is 40.0 Å². The summed E-state index contributed by atoms with van der Waals surface area (Å²) in [6.07, 6.45) is 3.84. The Bertz CT molecular complexity index is 986. The number of benzene rings is 2. The van der Waals surface area contributed by atoms with Crippen LogP contribution in [0.2, 0.25) is 0 Å². The highest BCUT2D eigenvalue weighted by atomic mass is 127. The molecule has 2 aromatic carbocycles. The fourth-order valence-electron chi connectivity index (χ4n) is 3.95. The van der Waals surface area contributed by atoms with Gasteiger partial charge >= 0.3 is 0 Å². The van der Waals surface area contributed by atoms with Gasteiger partial charge < -0.3 is 14.7 Å². The van der Waals surface area contributed by atoms with Crippen molar-refractivity contribution in [1.29, 1.82) is 0 Å². The summed E-state index contributed by atoms with van der Waals surface area (Å²) in [5.74, 6) is 0.850. The number of hydrogen-bond donors (Lipinski definition) is 1. The van der Waals surface area contributed by atoms with Crippen LogP contribution in [0.4, 0.5) is 11.4 Å². The molecule has 0 amide bonds. The number of nitro groups is 1. The summed E-state index contributed by atoms with van der Waals surface area (Å²) in [4.78, 5) is 12.8. The number of halogens is 1. The van der Waals surface area contributed by atoms with Crippen molar-refractivity contribution < 1.29 is 14.8 Å². The summed E-state index contributed by atoms with van der Waals surface area (Å²) in [6, 6.07) is 8.37. The van der Waals surface area contributed by atoms with Gasteiger partial charge in [-0.05, 0) is 72.4 Å². The second-order valence-corrected chi connectivity index (χ2v) is 8.28. The van der Waals surface area contributed by atoms with Crippen LogP contribution in [-0.4, -0.2) is 22.8 Å². The summed E-state index contributed by atoms with van der Waals surface area (Å²) < 4.78 is 7.22. The Kier molecular flexibility index (Phi) is 3.53. The number of hydrogen-bond acceptors (Lipinski definition) is 5. The summed E-state index contributed by atoms with van der Waals surface area (Å²) >= 11 is 2.07. The molecule has 2 heterocycles. The number of phenols is 1. The number of aromatic hydroxyl groups is 1. The van der Waals surface area contributed by atoms with Gasteiger partial charge in [0.2, 0.25) is 5.72 Å². The molecule has 2 aliphatic rings. The Morgan fingerprint density at radius 1 is 1.27 bits per heavy atom. The third-order valence-electron chi connectivity index (χ3n) is 5.42. The molecule has 6 nitrogen and oxygen atoms in total. The van der Waals surface area contributed by atoms with Crippen molar-refractivity contribution in [2.45, 2.75) is 25.0 Å². The zero-order valence-electron chi connectivity index (χ0n) is 14.5. The lowest BCUT2D eigenvalue weighted by Gasteiger charge is -2.46.